The SMILES string of the molecule is COc1cc(=O)c2c(=O)c3c(c(=O)c=2c1=O)=C(O)[C@]1(CCc2cc4cc(C(C)=C(NC(=O)OCc5ccccc5)C(=O)O)[nH]c(=O)c4c(O)c21)C=3O. The van der Waals surface area contributed by atoms with Gasteiger partial charge in [0.2, 0.25) is 16.3 Å². The van der Waals surface area contributed by atoms with Crippen LogP contribution in [0.1, 0.15) is 35.7 Å². The van der Waals surface area contributed by atoms with Gasteiger partial charge in [0, 0.05) is 22.9 Å². The molecule has 7 rings (SSSR count). The molecular weight excluding hydrogens is 680 g/mol. The summed E-state index contributed by atoms with van der Waals surface area (Å²) in [6.07, 6.45) is -1.24. The standard InChI is InChI=1S/C37H26N2O13/c1-14(27(35(48)49)39-36(50)52-13-15-6-4-3-5-7-15)18-11-17-10-16-8-9-37(26(16)31(44)21(17)34(47)38-18)32(45)24-25(33(37)46)30(43)23-22(29(24)42)19(40)12-20(51-2)28(23)41/h3-7,10-12,44-46H,8-9,13H2,1-2H3,(H,38,47)(H,39,50)(H,48,49)/t37-/m0/s1. The van der Waals surface area contributed by atoms with Crippen molar-refractivity contribution in [1.82, 2.24) is 10.3 Å². The number of phenolic OH excluding ortho intramolecular Hbond substituents is 1. The quantitative estimate of drug-likeness (QED) is 0.130. The number of rotatable bonds is 6. The number of pyridine rings is 1. The van der Waals surface area contributed by atoms with Crippen molar-refractivity contribution in [3.8, 4) is 11.5 Å². The number of hydrogen-bond acceptors (Lipinski definition) is 12. The molecule has 262 valence electrons. The Bertz CT molecular complexity index is 2960. The summed E-state index contributed by atoms with van der Waals surface area (Å²) >= 11 is 0. The molecule has 1 aromatic heterocycles. The number of carboxylic acids is 1. The number of aromatic nitrogens is 1. The molecule has 4 aliphatic carbocycles. The minimum atomic E-state index is -2.09. The second kappa shape index (κ2) is 11.8. The van der Waals surface area contributed by atoms with E-state index in [2.05, 4.69) is 10.3 Å². The van der Waals surface area contributed by atoms with Crippen molar-refractivity contribution in [3.63, 3.8) is 0 Å². The summed E-state index contributed by atoms with van der Waals surface area (Å²) in [6.45, 7) is 1.19. The number of carboxylic acid groups (broad SMARTS) is 1. The van der Waals surface area contributed by atoms with Gasteiger partial charge < -0.3 is 34.9 Å². The lowest BCUT2D eigenvalue weighted by atomic mass is 9.78. The number of benzene rings is 2. The van der Waals surface area contributed by atoms with E-state index in [1.807, 2.05) is 0 Å². The van der Waals surface area contributed by atoms with Gasteiger partial charge in [0.1, 0.15) is 35.0 Å². The molecule has 6 N–H and O–H groups in total. The number of ether oxygens (including phenoxy) is 2. The smallest absolute Gasteiger partial charge is 0.412 e. The fraction of sp³-hybridized carbons (Fsp3) is 0.162. The lowest BCUT2D eigenvalue weighted by Crippen LogP contribution is -2.51. The predicted octanol–water partition coefficient (Wildman–Crippen LogP) is 0.256. The molecule has 15 heteroatoms. The highest BCUT2D eigenvalue weighted by molar-refractivity contribution is 6.00. The van der Waals surface area contributed by atoms with Crippen LogP contribution in [0.2, 0.25) is 0 Å². The summed E-state index contributed by atoms with van der Waals surface area (Å²) < 4.78 is 10.0. The van der Waals surface area contributed by atoms with Crippen LogP contribution in [0, 0.1) is 10.4 Å². The monoisotopic (exact) mass is 706 g/mol. The average Bonchev–Trinajstić information content (AvgIpc) is 3.61. The van der Waals surface area contributed by atoms with Crippen molar-refractivity contribution in [2.24, 2.45) is 0 Å². The van der Waals surface area contributed by atoms with E-state index in [0.29, 0.717) is 5.56 Å². The number of H-pyrrole nitrogens is 1. The van der Waals surface area contributed by atoms with E-state index in [9.17, 15) is 54.0 Å². The van der Waals surface area contributed by atoms with Gasteiger partial charge in [-0.15, -0.1) is 0 Å². The number of carbonyl (C=O) groups excluding carboxylic acids is 1. The third-order valence-corrected chi connectivity index (χ3v) is 9.69. The third kappa shape index (κ3) is 4.62. The molecule has 0 saturated heterocycles. The molecular formula is C37H26N2O13. The number of aliphatic hydroxyl groups excluding tert-OH is 2. The lowest BCUT2D eigenvalue weighted by Gasteiger charge is -2.27. The summed E-state index contributed by atoms with van der Waals surface area (Å²) in [6, 6.07) is 12.2. The van der Waals surface area contributed by atoms with Gasteiger partial charge in [-0.1, -0.05) is 36.4 Å². The first-order chi connectivity index (χ1) is 24.7. The molecule has 2 aromatic carbocycles. The molecule has 1 atom stereocenters. The molecule has 4 aliphatic rings. The molecule has 0 saturated carbocycles. The number of carbonyl (C=O) groups is 2. The van der Waals surface area contributed by atoms with E-state index in [4.69, 9.17) is 9.47 Å². The molecule has 0 bridgehead atoms. The number of aromatic amines is 1. The Hall–Kier alpha value is -7.03. The summed E-state index contributed by atoms with van der Waals surface area (Å²) in [5, 5.41) is 43.7. The summed E-state index contributed by atoms with van der Waals surface area (Å²) in [5.74, 6) is -4.45. The van der Waals surface area contributed by atoms with E-state index in [-0.39, 0.29) is 52.6 Å². The second-order valence-corrected chi connectivity index (χ2v) is 12.4. The van der Waals surface area contributed by atoms with E-state index >= 15 is 0 Å². The van der Waals surface area contributed by atoms with Crippen LogP contribution in [0.3, 0.4) is 0 Å². The van der Waals surface area contributed by atoms with Crippen molar-refractivity contribution >= 4 is 39.9 Å². The zero-order valence-corrected chi connectivity index (χ0v) is 27.2. The summed E-state index contributed by atoms with van der Waals surface area (Å²) in [4.78, 5) is 93.9. The van der Waals surface area contributed by atoms with Gasteiger partial charge in [0.25, 0.3) is 5.56 Å². The van der Waals surface area contributed by atoms with E-state index in [1.54, 1.807) is 30.3 Å². The summed E-state index contributed by atoms with van der Waals surface area (Å²) in [5.41, 5.74) is -7.44. The molecule has 1 spiro atoms. The number of phenols is 1. The van der Waals surface area contributed by atoms with Crippen molar-refractivity contribution in [2.45, 2.75) is 31.8 Å². The second-order valence-electron chi connectivity index (χ2n) is 12.4. The van der Waals surface area contributed by atoms with Crippen LogP contribution in [0.5, 0.6) is 11.5 Å². The maximum Gasteiger partial charge on any atom is 0.412 e. The molecule has 1 heterocycles. The highest BCUT2D eigenvalue weighted by Crippen LogP contribution is 2.54. The van der Waals surface area contributed by atoms with Crippen LogP contribution >= 0.6 is 0 Å². The van der Waals surface area contributed by atoms with Gasteiger partial charge in [-0.25, -0.2) is 9.59 Å². The Morgan fingerprint density at radius 2 is 1.54 bits per heavy atom. The topological polar surface area (TPSA) is 247 Å². The number of nitrogens with one attached hydrogen (secondary N) is 2. The highest BCUT2D eigenvalue weighted by atomic mass is 16.5. The number of methoxy groups -OCH3 is 1. The predicted molar refractivity (Wildman–Crippen MR) is 183 cm³/mol. The number of aliphatic hydroxyl groups is 2. The van der Waals surface area contributed by atoms with Crippen LogP contribution in [0.15, 0.2) is 78.2 Å². The zero-order chi connectivity index (χ0) is 37.4. The van der Waals surface area contributed by atoms with Crippen LogP contribution < -0.4 is 47.8 Å². The Morgan fingerprint density at radius 1 is 0.885 bits per heavy atom. The molecule has 0 fully saturated rings. The number of aliphatic carboxylic acids is 1. The number of aryl methyl sites for hydroxylation is 1. The van der Waals surface area contributed by atoms with Gasteiger partial charge >= 0.3 is 12.1 Å². The third-order valence-electron chi connectivity index (χ3n) is 9.69. The van der Waals surface area contributed by atoms with Crippen LogP contribution in [0.4, 0.5) is 4.79 Å². The number of alkyl carbamates (subject to hydrolysis) is 1. The molecule has 0 unspecified atom stereocenters. The van der Waals surface area contributed by atoms with Crippen molar-refractivity contribution < 1.29 is 39.5 Å². The lowest BCUT2D eigenvalue weighted by molar-refractivity contribution is -0.133. The maximum atomic E-state index is 13.7. The number of allylic oxidation sites excluding steroid dienone is 1. The molecule has 15 nitrogen and oxygen atoms in total. The minimum absolute atomic E-state index is 0.0302. The van der Waals surface area contributed by atoms with Gasteiger partial charge in [0.15, 0.2) is 11.2 Å². The Kier molecular flexibility index (Phi) is 7.59. The van der Waals surface area contributed by atoms with Crippen LogP contribution in [-0.2, 0) is 28.0 Å². The van der Waals surface area contributed by atoms with Crippen molar-refractivity contribution in [1.29, 1.82) is 0 Å². The van der Waals surface area contributed by atoms with Gasteiger partial charge in [-0.2, -0.15) is 0 Å². The van der Waals surface area contributed by atoms with Gasteiger partial charge in [0.05, 0.1) is 33.4 Å². The fourth-order valence-corrected chi connectivity index (χ4v) is 7.25. The number of amides is 1. The molecule has 52 heavy (non-hydrogen) atoms. The van der Waals surface area contributed by atoms with Crippen molar-refractivity contribution in [3.05, 3.63) is 149 Å². The fourth-order valence-electron chi connectivity index (χ4n) is 7.25. The minimum Gasteiger partial charge on any atom is -0.510 e. The molecule has 0 aliphatic heterocycles. The molecule has 1 amide bonds. The molecule has 3 aromatic rings. The van der Waals surface area contributed by atoms with Gasteiger partial charge in [-0.05, 0) is 42.3 Å². The van der Waals surface area contributed by atoms with Crippen molar-refractivity contribution in [2.75, 3.05) is 7.11 Å². The first-order valence-electron chi connectivity index (χ1n) is 15.6. The number of fused-ring (bicyclic) bond motifs is 4. The summed E-state index contributed by atoms with van der Waals surface area (Å²) in [7, 11) is 1.09. The first kappa shape index (κ1) is 33.5. The maximum absolute atomic E-state index is 13.7. The molecule has 0 radical (unpaired) electrons. The van der Waals surface area contributed by atoms with E-state index in [0.717, 1.165) is 13.2 Å². The van der Waals surface area contributed by atoms with Crippen LogP contribution in [0.25, 0.3) is 27.9 Å². The number of hydrogen-bond donors (Lipinski definition) is 6. The number of aromatic hydroxyl groups is 1. The Labute approximate surface area is 288 Å². The van der Waals surface area contributed by atoms with E-state index < -0.39 is 94.3 Å². The largest absolute Gasteiger partial charge is 0.510 e. The van der Waals surface area contributed by atoms with Gasteiger partial charge in [-0.3, -0.25) is 29.3 Å². The normalized spacial score (nSPS) is 16.6. The van der Waals surface area contributed by atoms with Crippen LogP contribution in [-0.4, -0.2) is 44.6 Å². The van der Waals surface area contributed by atoms with E-state index in [1.165, 1.54) is 19.1 Å². The highest BCUT2D eigenvalue weighted by Gasteiger charge is 2.53. The first-order valence-corrected chi connectivity index (χ1v) is 15.6. The Balaban J connectivity index is 1.38. The average molecular weight is 707 g/mol. The zero-order valence-electron chi connectivity index (χ0n) is 27.2. The Morgan fingerprint density at radius 3 is 2.17 bits per heavy atom.